The van der Waals surface area contributed by atoms with Crippen molar-refractivity contribution in [2.45, 2.75) is 12.5 Å². The maximum Gasteiger partial charge on any atom is 0.282 e. The van der Waals surface area contributed by atoms with Crippen molar-refractivity contribution in [3.8, 4) is 0 Å². The van der Waals surface area contributed by atoms with Gasteiger partial charge in [0.1, 0.15) is 12.6 Å². The summed E-state index contributed by atoms with van der Waals surface area (Å²) in [4.78, 5) is 31.0. The largest absolute Gasteiger partial charge is 0.323 e. The summed E-state index contributed by atoms with van der Waals surface area (Å²) in [7, 11) is 0. The second-order valence-electron chi connectivity index (χ2n) is 7.13. The molecule has 2 aliphatic heterocycles. The van der Waals surface area contributed by atoms with E-state index in [9.17, 15) is 9.59 Å². The lowest BCUT2D eigenvalue weighted by molar-refractivity contribution is -0.919. The molecule has 0 saturated carbocycles. The lowest BCUT2D eigenvalue weighted by Crippen LogP contribution is -3.14. The molecule has 1 unspecified atom stereocenters. The Hall–Kier alpha value is -2.48. The van der Waals surface area contributed by atoms with Crippen LogP contribution >= 0.6 is 22.7 Å². The number of carbonyl (C=O) groups excluding carboxylic acids is 2. The first-order chi connectivity index (χ1) is 13.7. The highest BCUT2D eigenvalue weighted by molar-refractivity contribution is 7.10. The van der Waals surface area contributed by atoms with Gasteiger partial charge in [0.15, 0.2) is 6.54 Å². The van der Waals surface area contributed by atoms with Gasteiger partial charge in [-0.2, -0.15) is 0 Å². The molecule has 1 aromatic carbocycles. The topological polar surface area (TPSA) is 53.9 Å². The first-order valence-corrected chi connectivity index (χ1v) is 11.1. The zero-order chi connectivity index (χ0) is 19.1. The number of hydrogen-bond acceptors (Lipinski definition) is 4. The van der Waals surface area contributed by atoms with Crippen LogP contribution in [0.5, 0.6) is 0 Å². The van der Waals surface area contributed by atoms with Gasteiger partial charge in [0.2, 0.25) is 5.91 Å². The summed E-state index contributed by atoms with van der Waals surface area (Å²) in [6, 6.07) is 14.1. The molecular formula is C21H20N3O2S2+. The number of anilines is 2. The van der Waals surface area contributed by atoms with Crippen molar-refractivity contribution in [3.05, 3.63) is 68.5 Å². The fraction of sp³-hybridized carbons (Fsp3) is 0.238. The number of carbonyl (C=O) groups is 2. The Balaban J connectivity index is 1.44. The molecule has 4 heterocycles. The smallest absolute Gasteiger partial charge is 0.282 e. The van der Waals surface area contributed by atoms with E-state index in [-0.39, 0.29) is 24.4 Å². The minimum Gasteiger partial charge on any atom is -0.323 e. The third-order valence-electron chi connectivity index (χ3n) is 5.45. The Morgan fingerprint density at radius 2 is 2.04 bits per heavy atom. The van der Waals surface area contributed by atoms with Gasteiger partial charge in [0.05, 0.1) is 22.8 Å². The summed E-state index contributed by atoms with van der Waals surface area (Å²) in [6.45, 7) is 1.37. The fourth-order valence-corrected chi connectivity index (χ4v) is 6.02. The second kappa shape index (κ2) is 7.16. The van der Waals surface area contributed by atoms with Crippen molar-refractivity contribution in [2.24, 2.45) is 0 Å². The van der Waals surface area contributed by atoms with E-state index in [0.29, 0.717) is 12.2 Å². The van der Waals surface area contributed by atoms with E-state index in [2.05, 4.69) is 34.3 Å². The van der Waals surface area contributed by atoms with Crippen LogP contribution in [0, 0.1) is 0 Å². The predicted molar refractivity (Wildman–Crippen MR) is 112 cm³/mol. The molecule has 7 heteroatoms. The normalized spacial score (nSPS) is 21.0. The van der Waals surface area contributed by atoms with Gasteiger partial charge in [-0.1, -0.05) is 18.2 Å². The van der Waals surface area contributed by atoms with Crippen LogP contribution in [0.2, 0.25) is 0 Å². The van der Waals surface area contributed by atoms with Crippen molar-refractivity contribution in [1.82, 2.24) is 0 Å². The first-order valence-electron chi connectivity index (χ1n) is 9.34. The Bertz CT molecular complexity index is 1030. The summed E-state index contributed by atoms with van der Waals surface area (Å²) >= 11 is 3.56. The molecule has 0 radical (unpaired) electrons. The number of nitrogens with zero attached hydrogens (tertiary/aromatic N) is 1. The van der Waals surface area contributed by atoms with Gasteiger partial charge in [-0.3, -0.25) is 14.5 Å². The van der Waals surface area contributed by atoms with Crippen molar-refractivity contribution in [2.75, 3.05) is 29.9 Å². The van der Waals surface area contributed by atoms with Gasteiger partial charge in [0.25, 0.3) is 5.91 Å². The van der Waals surface area contributed by atoms with Crippen LogP contribution in [0.1, 0.15) is 21.4 Å². The van der Waals surface area contributed by atoms with Crippen LogP contribution in [0.4, 0.5) is 11.4 Å². The molecule has 0 spiro atoms. The summed E-state index contributed by atoms with van der Waals surface area (Å²) in [5, 5.41) is 7.10. The second-order valence-corrected chi connectivity index (χ2v) is 9.11. The Morgan fingerprint density at radius 1 is 1.14 bits per heavy atom. The molecular weight excluding hydrogens is 390 g/mol. The van der Waals surface area contributed by atoms with E-state index < -0.39 is 0 Å². The maximum absolute atomic E-state index is 13.3. The molecule has 2 atom stereocenters. The standard InChI is InChI=1S/C21H19N3O2S2/c25-19-12-24(16-5-2-1-4-15(16)22-19)20(26)13-23-9-7-17-14(8-11-28-17)21(23)18-6-3-10-27-18/h1-6,8,10-11,21H,7,9,12-13H2,(H,22,25)/p+1/t21-/m1/s1. The third kappa shape index (κ3) is 3.05. The summed E-state index contributed by atoms with van der Waals surface area (Å²) < 4.78 is 0. The average molecular weight is 411 g/mol. The number of rotatable bonds is 3. The number of para-hydroxylation sites is 2. The molecule has 142 valence electrons. The monoisotopic (exact) mass is 410 g/mol. The molecule has 5 rings (SSSR count). The minimum absolute atomic E-state index is 0.00228. The predicted octanol–water partition coefficient (Wildman–Crippen LogP) is 2.33. The van der Waals surface area contributed by atoms with Gasteiger partial charge in [0, 0.05) is 16.9 Å². The molecule has 2 aliphatic rings. The Morgan fingerprint density at radius 3 is 2.89 bits per heavy atom. The lowest BCUT2D eigenvalue weighted by atomic mass is 9.98. The van der Waals surface area contributed by atoms with Crippen LogP contribution in [0.3, 0.4) is 0 Å². The minimum atomic E-state index is -0.143. The van der Waals surface area contributed by atoms with Crippen LogP contribution in [-0.4, -0.2) is 31.4 Å². The highest BCUT2D eigenvalue weighted by Gasteiger charge is 2.37. The van der Waals surface area contributed by atoms with Crippen LogP contribution < -0.4 is 15.1 Å². The third-order valence-corrected chi connectivity index (χ3v) is 7.38. The van der Waals surface area contributed by atoms with Gasteiger partial charge >= 0.3 is 0 Å². The van der Waals surface area contributed by atoms with E-state index in [1.165, 1.54) is 20.2 Å². The molecule has 2 aromatic heterocycles. The molecule has 2 N–H and O–H groups in total. The van der Waals surface area contributed by atoms with Crippen molar-refractivity contribution >= 4 is 45.9 Å². The molecule has 0 fully saturated rings. The molecule has 5 nitrogen and oxygen atoms in total. The number of benzene rings is 1. The van der Waals surface area contributed by atoms with E-state index in [0.717, 1.165) is 18.7 Å². The van der Waals surface area contributed by atoms with Gasteiger partial charge < -0.3 is 10.2 Å². The summed E-state index contributed by atoms with van der Waals surface area (Å²) in [5.41, 5.74) is 2.83. The Kier molecular flexibility index (Phi) is 4.50. The maximum atomic E-state index is 13.3. The van der Waals surface area contributed by atoms with E-state index in [4.69, 9.17) is 0 Å². The highest BCUT2D eigenvalue weighted by Crippen LogP contribution is 2.32. The quantitative estimate of drug-likeness (QED) is 0.696. The van der Waals surface area contributed by atoms with Crippen LogP contribution in [0.15, 0.2) is 53.2 Å². The van der Waals surface area contributed by atoms with E-state index in [1.807, 2.05) is 35.6 Å². The summed E-state index contributed by atoms with van der Waals surface area (Å²) in [5.74, 6) is -0.145. The van der Waals surface area contributed by atoms with Gasteiger partial charge in [-0.25, -0.2) is 0 Å². The number of amides is 2. The van der Waals surface area contributed by atoms with Crippen LogP contribution in [0.25, 0.3) is 0 Å². The summed E-state index contributed by atoms with van der Waals surface area (Å²) in [6.07, 6.45) is 0.995. The molecule has 0 saturated heterocycles. The zero-order valence-electron chi connectivity index (χ0n) is 15.2. The first kappa shape index (κ1) is 17.6. The number of fused-ring (bicyclic) bond motifs is 2. The average Bonchev–Trinajstić information content (AvgIpc) is 3.39. The number of quaternary nitrogens is 1. The molecule has 0 aliphatic carbocycles. The fourth-order valence-electron chi connectivity index (χ4n) is 4.20. The molecule has 0 bridgehead atoms. The number of nitrogens with one attached hydrogen (secondary N) is 2. The number of hydrogen-bond donors (Lipinski definition) is 2. The zero-order valence-corrected chi connectivity index (χ0v) is 16.8. The number of thiophene rings is 2. The van der Waals surface area contributed by atoms with Gasteiger partial charge in [-0.05, 0) is 35.0 Å². The molecule has 3 aromatic rings. The van der Waals surface area contributed by atoms with Crippen LogP contribution in [-0.2, 0) is 16.0 Å². The highest BCUT2D eigenvalue weighted by atomic mass is 32.1. The van der Waals surface area contributed by atoms with Crippen molar-refractivity contribution < 1.29 is 14.5 Å². The molecule has 2 amide bonds. The van der Waals surface area contributed by atoms with Gasteiger partial charge in [-0.15, -0.1) is 22.7 Å². The SMILES string of the molecule is O=C1CN(C(=O)C[NH+]2CCc3sccc3[C@@H]2c2cccs2)c2ccccc2N1. The lowest BCUT2D eigenvalue weighted by Gasteiger charge is -2.34. The Labute approximate surface area is 171 Å². The van der Waals surface area contributed by atoms with E-state index >= 15 is 0 Å². The van der Waals surface area contributed by atoms with Crippen molar-refractivity contribution in [1.29, 1.82) is 0 Å². The molecule has 28 heavy (non-hydrogen) atoms. The van der Waals surface area contributed by atoms with Crippen molar-refractivity contribution in [3.63, 3.8) is 0 Å². The van der Waals surface area contributed by atoms with E-state index in [1.54, 1.807) is 16.2 Å².